The summed E-state index contributed by atoms with van der Waals surface area (Å²) in [7, 11) is 0. The first-order valence-corrected chi connectivity index (χ1v) is 9.55. The first-order chi connectivity index (χ1) is 14.3. The first kappa shape index (κ1) is 19.6. The van der Waals surface area contributed by atoms with Gasteiger partial charge in [0.15, 0.2) is 11.6 Å². The Hall–Kier alpha value is -3.68. The summed E-state index contributed by atoms with van der Waals surface area (Å²) in [5.74, 6) is 1.72. The molecule has 30 heavy (non-hydrogen) atoms. The summed E-state index contributed by atoms with van der Waals surface area (Å²) in [4.78, 5) is 17.9. The number of nitrogens with zero attached hydrogens (tertiary/aromatic N) is 6. The van der Waals surface area contributed by atoms with Crippen LogP contribution in [0.1, 0.15) is 32.2 Å². The smallest absolute Gasteiger partial charge is 0.200 e. The average molecular weight is 403 g/mol. The number of nitrogen functional groups attached to an aromatic ring is 1. The van der Waals surface area contributed by atoms with Crippen LogP contribution < -0.4 is 5.73 Å². The third-order valence-electron chi connectivity index (χ3n) is 4.53. The minimum absolute atomic E-state index is 0.171. The molecular weight excluding hydrogens is 381 g/mol. The number of halogens is 1. The van der Waals surface area contributed by atoms with Crippen LogP contribution in [0.5, 0.6) is 0 Å². The summed E-state index contributed by atoms with van der Waals surface area (Å²) in [6, 6.07) is 11.9. The molecule has 1 aromatic carbocycles. The van der Waals surface area contributed by atoms with Gasteiger partial charge in [-0.05, 0) is 18.2 Å². The second kappa shape index (κ2) is 7.62. The van der Waals surface area contributed by atoms with Crippen molar-refractivity contribution in [3.05, 3.63) is 72.1 Å². The van der Waals surface area contributed by atoms with Crippen molar-refractivity contribution in [1.82, 2.24) is 29.7 Å². The molecule has 0 fully saturated rings. The van der Waals surface area contributed by atoms with Crippen LogP contribution in [0.4, 0.5) is 10.2 Å². The summed E-state index contributed by atoms with van der Waals surface area (Å²) in [6.07, 6.45) is 3.43. The monoisotopic (exact) mass is 403 g/mol. The molecule has 0 unspecified atom stereocenters. The molecule has 0 spiro atoms. The maximum Gasteiger partial charge on any atom is 0.200 e. The van der Waals surface area contributed by atoms with Gasteiger partial charge in [0, 0.05) is 23.4 Å². The van der Waals surface area contributed by atoms with E-state index in [-0.39, 0.29) is 17.8 Å². The quantitative estimate of drug-likeness (QED) is 0.556. The van der Waals surface area contributed by atoms with E-state index in [2.05, 4.69) is 25.0 Å². The van der Waals surface area contributed by atoms with Gasteiger partial charge in [-0.1, -0.05) is 45.0 Å². The highest BCUT2D eigenvalue weighted by Crippen LogP contribution is 2.24. The van der Waals surface area contributed by atoms with Crippen LogP contribution in [-0.2, 0) is 12.0 Å². The number of pyridine rings is 1. The zero-order valence-electron chi connectivity index (χ0n) is 17.0. The van der Waals surface area contributed by atoms with E-state index in [9.17, 15) is 4.39 Å². The molecule has 3 heterocycles. The number of aromatic nitrogens is 6. The van der Waals surface area contributed by atoms with Gasteiger partial charge in [0.25, 0.3) is 0 Å². The van der Waals surface area contributed by atoms with Gasteiger partial charge in [-0.3, -0.25) is 0 Å². The number of anilines is 1. The number of hydrogen-bond acceptors (Lipinski definition) is 6. The van der Waals surface area contributed by atoms with Crippen molar-refractivity contribution in [3.8, 4) is 22.9 Å². The summed E-state index contributed by atoms with van der Waals surface area (Å²) in [6.45, 7) is 6.35. The fourth-order valence-corrected chi connectivity index (χ4v) is 2.97. The number of benzene rings is 1. The molecule has 0 saturated heterocycles. The van der Waals surface area contributed by atoms with E-state index in [1.807, 2.05) is 20.8 Å². The second-order valence-corrected chi connectivity index (χ2v) is 8.00. The van der Waals surface area contributed by atoms with Crippen LogP contribution in [0, 0.1) is 5.82 Å². The highest BCUT2D eigenvalue weighted by atomic mass is 19.1. The van der Waals surface area contributed by atoms with E-state index >= 15 is 0 Å². The largest absolute Gasteiger partial charge is 0.384 e. The van der Waals surface area contributed by atoms with Crippen molar-refractivity contribution >= 4 is 5.82 Å². The van der Waals surface area contributed by atoms with Crippen molar-refractivity contribution in [2.24, 2.45) is 0 Å². The van der Waals surface area contributed by atoms with Crippen LogP contribution in [0.3, 0.4) is 0 Å². The maximum absolute atomic E-state index is 14.3. The van der Waals surface area contributed by atoms with Crippen molar-refractivity contribution in [2.75, 3.05) is 5.73 Å². The van der Waals surface area contributed by atoms with E-state index in [0.29, 0.717) is 34.3 Å². The first-order valence-electron chi connectivity index (χ1n) is 9.55. The average Bonchev–Trinajstić information content (AvgIpc) is 3.13. The molecule has 8 heteroatoms. The molecule has 0 aliphatic carbocycles. The Labute approximate surface area is 173 Å². The SMILES string of the molecule is CC(C)(C)c1ncc(-c2nc(-c3cccc(N)n3)nn2Cc2ccccc2F)cn1. The van der Waals surface area contributed by atoms with Crippen molar-refractivity contribution in [2.45, 2.75) is 32.7 Å². The lowest BCUT2D eigenvalue weighted by Crippen LogP contribution is -2.15. The predicted octanol–water partition coefficient (Wildman–Crippen LogP) is 3.86. The summed E-state index contributed by atoms with van der Waals surface area (Å²) in [5.41, 5.74) is 7.36. The molecule has 0 atom stereocenters. The minimum Gasteiger partial charge on any atom is -0.384 e. The van der Waals surface area contributed by atoms with Gasteiger partial charge in [0.1, 0.15) is 23.2 Å². The lowest BCUT2D eigenvalue weighted by Gasteiger charge is -2.16. The molecule has 0 radical (unpaired) electrons. The summed E-state index contributed by atoms with van der Waals surface area (Å²) >= 11 is 0. The van der Waals surface area contributed by atoms with Crippen molar-refractivity contribution in [3.63, 3.8) is 0 Å². The van der Waals surface area contributed by atoms with Crippen molar-refractivity contribution < 1.29 is 4.39 Å². The topological polar surface area (TPSA) is 95.4 Å². The molecule has 2 N–H and O–H groups in total. The van der Waals surface area contributed by atoms with Crippen LogP contribution in [0.2, 0.25) is 0 Å². The third kappa shape index (κ3) is 4.03. The molecule has 0 aliphatic rings. The summed E-state index contributed by atoms with van der Waals surface area (Å²) in [5, 5.41) is 4.57. The van der Waals surface area contributed by atoms with E-state index < -0.39 is 0 Å². The van der Waals surface area contributed by atoms with Crippen LogP contribution >= 0.6 is 0 Å². The molecule has 0 amide bonds. The summed E-state index contributed by atoms with van der Waals surface area (Å²) < 4.78 is 15.9. The fraction of sp³-hybridized carbons (Fsp3) is 0.227. The predicted molar refractivity (Wildman–Crippen MR) is 113 cm³/mol. The van der Waals surface area contributed by atoms with E-state index in [1.54, 1.807) is 53.5 Å². The van der Waals surface area contributed by atoms with Crippen LogP contribution in [0.15, 0.2) is 54.9 Å². The zero-order chi connectivity index (χ0) is 21.3. The Morgan fingerprint density at radius 3 is 2.37 bits per heavy atom. The van der Waals surface area contributed by atoms with Gasteiger partial charge in [0.2, 0.25) is 0 Å². The Morgan fingerprint density at radius 1 is 0.967 bits per heavy atom. The van der Waals surface area contributed by atoms with Crippen LogP contribution in [0.25, 0.3) is 22.9 Å². The van der Waals surface area contributed by atoms with E-state index in [1.165, 1.54) is 6.07 Å². The number of nitrogens with two attached hydrogens (primary N) is 1. The van der Waals surface area contributed by atoms with E-state index in [0.717, 1.165) is 5.82 Å². The molecule has 3 aromatic heterocycles. The third-order valence-corrected chi connectivity index (χ3v) is 4.53. The number of hydrogen-bond donors (Lipinski definition) is 1. The fourth-order valence-electron chi connectivity index (χ4n) is 2.97. The molecule has 7 nitrogen and oxygen atoms in total. The van der Waals surface area contributed by atoms with Gasteiger partial charge >= 0.3 is 0 Å². The van der Waals surface area contributed by atoms with Crippen molar-refractivity contribution in [1.29, 1.82) is 0 Å². The maximum atomic E-state index is 14.3. The van der Waals surface area contributed by atoms with Gasteiger partial charge in [-0.2, -0.15) is 0 Å². The second-order valence-electron chi connectivity index (χ2n) is 8.00. The zero-order valence-corrected chi connectivity index (χ0v) is 17.0. The molecule has 0 saturated carbocycles. The standard InChI is InChI=1S/C22H22FN7/c1-22(2,3)21-25-11-15(12-26-21)20-28-19(17-9-6-10-18(24)27-17)29-30(20)13-14-7-4-5-8-16(14)23/h4-12H,13H2,1-3H3,(H2,24,27). The van der Waals surface area contributed by atoms with E-state index in [4.69, 9.17) is 5.73 Å². The lowest BCUT2D eigenvalue weighted by molar-refractivity contribution is 0.545. The molecule has 0 aliphatic heterocycles. The van der Waals surface area contributed by atoms with Gasteiger partial charge in [-0.15, -0.1) is 5.10 Å². The van der Waals surface area contributed by atoms with Gasteiger partial charge < -0.3 is 5.73 Å². The van der Waals surface area contributed by atoms with Crippen LogP contribution in [-0.4, -0.2) is 29.7 Å². The number of rotatable bonds is 4. The minimum atomic E-state index is -0.304. The Morgan fingerprint density at radius 2 is 1.70 bits per heavy atom. The molecule has 4 rings (SSSR count). The van der Waals surface area contributed by atoms with Gasteiger partial charge in [-0.25, -0.2) is 29.0 Å². The molecule has 4 aromatic rings. The Balaban J connectivity index is 1.80. The molecule has 0 bridgehead atoms. The molecular formula is C22H22FN7. The Kier molecular flexibility index (Phi) is 4.99. The van der Waals surface area contributed by atoms with Gasteiger partial charge in [0.05, 0.1) is 12.1 Å². The Bertz CT molecular complexity index is 1180. The highest BCUT2D eigenvalue weighted by Gasteiger charge is 2.20. The normalized spacial score (nSPS) is 11.6. The lowest BCUT2D eigenvalue weighted by atomic mass is 9.96. The molecule has 152 valence electrons. The highest BCUT2D eigenvalue weighted by molar-refractivity contribution is 5.59.